The van der Waals surface area contributed by atoms with E-state index in [1.54, 1.807) is 0 Å². The Bertz CT molecular complexity index is 181. The highest BCUT2D eigenvalue weighted by molar-refractivity contribution is 4.67. The second-order valence-electron chi connectivity index (χ2n) is 5.44. The van der Waals surface area contributed by atoms with Gasteiger partial charge >= 0.3 is 0 Å². The van der Waals surface area contributed by atoms with E-state index < -0.39 is 0 Å². The van der Waals surface area contributed by atoms with E-state index in [0.717, 1.165) is 0 Å². The number of nitrogens with one attached hydrogen (secondary N) is 1. The van der Waals surface area contributed by atoms with E-state index >= 15 is 0 Å². The molecule has 0 aliphatic carbocycles. The fraction of sp³-hybridized carbons (Fsp3) is 1.00. The zero-order valence-corrected chi connectivity index (χ0v) is 12.4. The van der Waals surface area contributed by atoms with Gasteiger partial charge < -0.3 is 15.0 Å². The molecule has 18 heavy (non-hydrogen) atoms. The molecule has 1 aliphatic heterocycles. The summed E-state index contributed by atoms with van der Waals surface area (Å²) in [5.74, 6) is 0. The SMILES string of the molecule is CCCC[C@@H](CCCCCN1CCNCC1)OC. The quantitative estimate of drug-likeness (QED) is 0.608. The summed E-state index contributed by atoms with van der Waals surface area (Å²) in [6.45, 7) is 8.34. The Balaban J connectivity index is 1.93. The molecule has 1 heterocycles. The second-order valence-corrected chi connectivity index (χ2v) is 5.44. The third-order valence-corrected chi connectivity index (χ3v) is 3.92. The molecule has 0 bridgehead atoms. The molecule has 0 aromatic heterocycles. The lowest BCUT2D eigenvalue weighted by Gasteiger charge is -2.27. The molecule has 1 N–H and O–H groups in total. The topological polar surface area (TPSA) is 24.5 Å². The van der Waals surface area contributed by atoms with Gasteiger partial charge in [-0.15, -0.1) is 0 Å². The van der Waals surface area contributed by atoms with Crippen molar-refractivity contribution in [2.45, 2.75) is 58.0 Å². The van der Waals surface area contributed by atoms with Gasteiger partial charge in [0.25, 0.3) is 0 Å². The van der Waals surface area contributed by atoms with Crippen molar-refractivity contribution in [1.82, 2.24) is 10.2 Å². The number of nitrogens with zero attached hydrogens (tertiary/aromatic N) is 1. The van der Waals surface area contributed by atoms with Crippen LogP contribution < -0.4 is 5.32 Å². The summed E-state index contributed by atoms with van der Waals surface area (Å²) in [6.07, 6.45) is 9.61. The fourth-order valence-corrected chi connectivity index (χ4v) is 2.63. The summed E-state index contributed by atoms with van der Waals surface area (Å²) < 4.78 is 5.53. The van der Waals surface area contributed by atoms with Crippen LogP contribution in [0, 0.1) is 0 Å². The molecule has 0 saturated carbocycles. The van der Waals surface area contributed by atoms with Crippen molar-refractivity contribution in [2.75, 3.05) is 39.8 Å². The molecule has 108 valence electrons. The summed E-state index contributed by atoms with van der Waals surface area (Å²) in [6, 6.07) is 0. The predicted molar refractivity (Wildman–Crippen MR) is 78.1 cm³/mol. The fourth-order valence-electron chi connectivity index (χ4n) is 2.63. The van der Waals surface area contributed by atoms with Crippen molar-refractivity contribution in [3.05, 3.63) is 0 Å². The lowest BCUT2D eigenvalue weighted by Crippen LogP contribution is -2.43. The van der Waals surface area contributed by atoms with Gasteiger partial charge in [-0.05, 0) is 25.8 Å². The first-order valence-corrected chi connectivity index (χ1v) is 7.82. The Kier molecular flexibility index (Phi) is 9.54. The highest BCUT2D eigenvalue weighted by atomic mass is 16.5. The van der Waals surface area contributed by atoms with Gasteiger partial charge in [-0.2, -0.15) is 0 Å². The van der Waals surface area contributed by atoms with Gasteiger partial charge in [0.05, 0.1) is 6.10 Å². The van der Waals surface area contributed by atoms with Crippen LogP contribution in [0.5, 0.6) is 0 Å². The van der Waals surface area contributed by atoms with Crippen LogP contribution in [0.25, 0.3) is 0 Å². The van der Waals surface area contributed by atoms with Crippen molar-refractivity contribution >= 4 is 0 Å². The molecule has 0 unspecified atom stereocenters. The van der Waals surface area contributed by atoms with E-state index in [9.17, 15) is 0 Å². The van der Waals surface area contributed by atoms with Crippen molar-refractivity contribution in [2.24, 2.45) is 0 Å². The van der Waals surface area contributed by atoms with E-state index in [1.807, 2.05) is 7.11 Å². The molecule has 1 rings (SSSR count). The van der Waals surface area contributed by atoms with Gasteiger partial charge in [-0.25, -0.2) is 0 Å². The smallest absolute Gasteiger partial charge is 0.0571 e. The number of hydrogen-bond acceptors (Lipinski definition) is 3. The zero-order chi connectivity index (χ0) is 13.1. The lowest BCUT2D eigenvalue weighted by molar-refractivity contribution is 0.0834. The third kappa shape index (κ3) is 7.34. The molecule has 3 nitrogen and oxygen atoms in total. The average Bonchev–Trinajstić information content (AvgIpc) is 2.43. The maximum Gasteiger partial charge on any atom is 0.0571 e. The van der Waals surface area contributed by atoms with E-state index in [2.05, 4.69) is 17.1 Å². The van der Waals surface area contributed by atoms with Gasteiger partial charge in [0.2, 0.25) is 0 Å². The van der Waals surface area contributed by atoms with Crippen LogP contribution in [0.2, 0.25) is 0 Å². The maximum atomic E-state index is 5.53. The first-order chi connectivity index (χ1) is 8.86. The number of ether oxygens (including phenoxy) is 1. The van der Waals surface area contributed by atoms with E-state index in [1.165, 1.54) is 77.7 Å². The highest BCUT2D eigenvalue weighted by Gasteiger charge is 2.09. The van der Waals surface area contributed by atoms with Gasteiger partial charge in [0.1, 0.15) is 0 Å². The Labute approximate surface area is 113 Å². The maximum absolute atomic E-state index is 5.53. The van der Waals surface area contributed by atoms with Crippen LogP contribution >= 0.6 is 0 Å². The standard InChI is InChI=1S/C15H32N2O/c1-3-4-8-15(18-2)9-6-5-7-12-17-13-10-16-11-14-17/h15-16H,3-14H2,1-2H3/t15-/m0/s1. The summed E-state index contributed by atoms with van der Waals surface area (Å²) in [4.78, 5) is 2.58. The molecule has 0 radical (unpaired) electrons. The average molecular weight is 256 g/mol. The summed E-state index contributed by atoms with van der Waals surface area (Å²) in [5.41, 5.74) is 0. The number of hydrogen-bond donors (Lipinski definition) is 1. The second kappa shape index (κ2) is 10.8. The molecule has 3 heteroatoms. The minimum Gasteiger partial charge on any atom is -0.381 e. The number of piperazine rings is 1. The Morgan fingerprint density at radius 3 is 2.44 bits per heavy atom. The highest BCUT2D eigenvalue weighted by Crippen LogP contribution is 2.12. The molecule has 1 fully saturated rings. The summed E-state index contributed by atoms with van der Waals surface area (Å²) in [5, 5.41) is 3.40. The molecule has 1 atom stereocenters. The van der Waals surface area contributed by atoms with Crippen molar-refractivity contribution in [3.8, 4) is 0 Å². The van der Waals surface area contributed by atoms with Gasteiger partial charge in [0, 0.05) is 33.3 Å². The molecule has 0 spiro atoms. The monoisotopic (exact) mass is 256 g/mol. The summed E-state index contributed by atoms with van der Waals surface area (Å²) in [7, 11) is 1.86. The molecule has 0 aromatic carbocycles. The number of unbranched alkanes of at least 4 members (excludes halogenated alkanes) is 3. The van der Waals surface area contributed by atoms with Crippen LogP contribution in [0.1, 0.15) is 51.9 Å². The molecular formula is C15H32N2O. The Hall–Kier alpha value is -0.120. The van der Waals surface area contributed by atoms with Crippen LogP contribution in [0.3, 0.4) is 0 Å². The molecule has 0 aromatic rings. The van der Waals surface area contributed by atoms with Crippen LogP contribution in [0.4, 0.5) is 0 Å². The van der Waals surface area contributed by atoms with Crippen molar-refractivity contribution in [1.29, 1.82) is 0 Å². The minimum absolute atomic E-state index is 0.504. The largest absolute Gasteiger partial charge is 0.381 e. The molecule has 1 saturated heterocycles. The van der Waals surface area contributed by atoms with Crippen LogP contribution in [0.15, 0.2) is 0 Å². The lowest BCUT2D eigenvalue weighted by atomic mass is 10.0. The van der Waals surface area contributed by atoms with E-state index in [4.69, 9.17) is 4.74 Å². The predicted octanol–water partition coefficient (Wildman–Crippen LogP) is 2.66. The van der Waals surface area contributed by atoms with Gasteiger partial charge in [-0.1, -0.05) is 32.6 Å². The van der Waals surface area contributed by atoms with Gasteiger partial charge in [-0.3, -0.25) is 0 Å². The Morgan fingerprint density at radius 1 is 1.06 bits per heavy atom. The normalized spacial score (nSPS) is 19.0. The van der Waals surface area contributed by atoms with E-state index in [-0.39, 0.29) is 0 Å². The third-order valence-electron chi connectivity index (χ3n) is 3.92. The summed E-state index contributed by atoms with van der Waals surface area (Å²) >= 11 is 0. The molecule has 1 aliphatic rings. The van der Waals surface area contributed by atoms with Crippen LogP contribution in [-0.4, -0.2) is 50.8 Å². The van der Waals surface area contributed by atoms with Gasteiger partial charge in [0.15, 0.2) is 0 Å². The first-order valence-electron chi connectivity index (χ1n) is 7.82. The zero-order valence-electron chi connectivity index (χ0n) is 12.4. The van der Waals surface area contributed by atoms with E-state index in [0.29, 0.717) is 6.10 Å². The molecule has 0 amide bonds. The Morgan fingerprint density at radius 2 is 1.78 bits per heavy atom. The first kappa shape index (κ1) is 15.9. The minimum atomic E-state index is 0.504. The van der Waals surface area contributed by atoms with Crippen LogP contribution in [-0.2, 0) is 4.74 Å². The number of methoxy groups -OCH3 is 1. The van der Waals surface area contributed by atoms with Crippen molar-refractivity contribution < 1.29 is 4.74 Å². The molecular weight excluding hydrogens is 224 g/mol. The number of rotatable bonds is 10. The van der Waals surface area contributed by atoms with Crippen molar-refractivity contribution in [3.63, 3.8) is 0 Å².